The molecule has 1 saturated carbocycles. The lowest BCUT2D eigenvalue weighted by Gasteiger charge is -2.28. The van der Waals surface area contributed by atoms with Crippen LogP contribution in [-0.2, 0) is 9.53 Å². The molecule has 0 aromatic heterocycles. The Labute approximate surface area is 148 Å². The fourth-order valence-corrected chi connectivity index (χ4v) is 3.82. The molecule has 5 nitrogen and oxygen atoms in total. The van der Waals surface area contributed by atoms with Crippen LogP contribution in [-0.4, -0.2) is 49.1 Å². The molecule has 0 bridgehead atoms. The zero-order valence-electron chi connectivity index (χ0n) is 14.7. The third-order valence-corrected chi connectivity index (χ3v) is 5.48. The summed E-state index contributed by atoms with van der Waals surface area (Å²) in [4.78, 5) is 28.9. The van der Waals surface area contributed by atoms with Crippen LogP contribution in [0.3, 0.4) is 0 Å². The number of carbonyl (C=O) groups is 2. The van der Waals surface area contributed by atoms with Crippen molar-refractivity contribution in [1.29, 1.82) is 0 Å². The van der Waals surface area contributed by atoms with E-state index in [1.807, 2.05) is 34.1 Å². The Hall–Kier alpha value is -1.88. The zero-order chi connectivity index (χ0) is 17.2. The van der Waals surface area contributed by atoms with Crippen molar-refractivity contribution >= 4 is 17.5 Å². The van der Waals surface area contributed by atoms with Gasteiger partial charge in [-0.3, -0.25) is 9.59 Å². The Kier molecular flexibility index (Phi) is 4.75. The molecule has 1 unspecified atom stereocenters. The van der Waals surface area contributed by atoms with Crippen molar-refractivity contribution in [2.75, 3.05) is 31.2 Å². The number of ether oxygens (including phenoxy) is 1. The number of hydrogen-bond donors (Lipinski definition) is 0. The molecule has 1 aromatic rings. The highest BCUT2D eigenvalue weighted by molar-refractivity contribution is 5.97. The highest BCUT2D eigenvalue weighted by atomic mass is 16.5. The SMILES string of the molecule is O=C1CCCCN1c1ccc(C(=O)N(CC2CCOC2)C2CC2)cc1. The van der Waals surface area contributed by atoms with E-state index in [1.54, 1.807) is 0 Å². The molecule has 5 heteroatoms. The van der Waals surface area contributed by atoms with E-state index in [2.05, 4.69) is 0 Å². The summed E-state index contributed by atoms with van der Waals surface area (Å²) in [6.45, 7) is 3.17. The van der Waals surface area contributed by atoms with E-state index in [1.165, 1.54) is 0 Å². The second-order valence-electron chi connectivity index (χ2n) is 7.47. The fourth-order valence-electron chi connectivity index (χ4n) is 3.82. The normalized spacial score (nSPS) is 23.8. The maximum absolute atomic E-state index is 13.0. The first kappa shape index (κ1) is 16.6. The number of amides is 2. The Morgan fingerprint density at radius 1 is 1.16 bits per heavy atom. The fraction of sp³-hybridized carbons (Fsp3) is 0.600. The summed E-state index contributed by atoms with van der Waals surface area (Å²) in [7, 11) is 0. The average molecular weight is 342 g/mol. The van der Waals surface area contributed by atoms with Crippen molar-refractivity contribution in [3.8, 4) is 0 Å². The highest BCUT2D eigenvalue weighted by Crippen LogP contribution is 2.31. The molecule has 0 radical (unpaired) electrons. The molecule has 1 atom stereocenters. The largest absolute Gasteiger partial charge is 0.381 e. The Morgan fingerprint density at radius 2 is 1.96 bits per heavy atom. The summed E-state index contributed by atoms with van der Waals surface area (Å²) in [6, 6.07) is 7.98. The van der Waals surface area contributed by atoms with Gasteiger partial charge in [0.2, 0.25) is 5.91 Å². The summed E-state index contributed by atoms with van der Waals surface area (Å²) >= 11 is 0. The molecule has 1 aromatic carbocycles. The van der Waals surface area contributed by atoms with Gasteiger partial charge in [0.15, 0.2) is 0 Å². The molecule has 1 aliphatic carbocycles. The first-order valence-electron chi connectivity index (χ1n) is 9.51. The van der Waals surface area contributed by atoms with Crippen LogP contribution in [0.1, 0.15) is 48.9 Å². The van der Waals surface area contributed by atoms with Crippen LogP contribution in [0.5, 0.6) is 0 Å². The Balaban J connectivity index is 1.46. The molecular formula is C20H26N2O3. The average Bonchev–Trinajstić information content (AvgIpc) is 3.35. The Morgan fingerprint density at radius 3 is 2.60 bits per heavy atom. The summed E-state index contributed by atoms with van der Waals surface area (Å²) < 4.78 is 5.46. The van der Waals surface area contributed by atoms with E-state index in [9.17, 15) is 9.59 Å². The van der Waals surface area contributed by atoms with Crippen LogP contribution < -0.4 is 4.90 Å². The molecule has 3 aliphatic rings. The molecule has 3 fully saturated rings. The molecule has 0 spiro atoms. The molecule has 2 saturated heterocycles. The summed E-state index contributed by atoms with van der Waals surface area (Å²) in [5.74, 6) is 0.770. The van der Waals surface area contributed by atoms with Crippen molar-refractivity contribution in [2.45, 2.75) is 44.6 Å². The standard InChI is InChI=1S/C20H26N2O3/c23-19-3-1-2-11-21(19)17-6-4-16(5-7-17)20(24)22(18-8-9-18)13-15-10-12-25-14-15/h4-7,15,18H,1-3,8-14H2. The van der Waals surface area contributed by atoms with Gasteiger partial charge in [-0.25, -0.2) is 0 Å². The summed E-state index contributed by atoms with van der Waals surface area (Å²) in [5, 5.41) is 0. The minimum Gasteiger partial charge on any atom is -0.381 e. The van der Waals surface area contributed by atoms with Crippen molar-refractivity contribution in [1.82, 2.24) is 4.90 Å². The van der Waals surface area contributed by atoms with Gasteiger partial charge in [0, 0.05) is 49.3 Å². The molecule has 2 amide bonds. The number of benzene rings is 1. The maximum Gasteiger partial charge on any atom is 0.254 e. The van der Waals surface area contributed by atoms with E-state index in [-0.39, 0.29) is 11.8 Å². The van der Waals surface area contributed by atoms with Gasteiger partial charge in [0.1, 0.15) is 0 Å². The van der Waals surface area contributed by atoms with E-state index in [0.29, 0.717) is 18.4 Å². The second-order valence-corrected chi connectivity index (χ2v) is 7.47. The van der Waals surface area contributed by atoms with Gasteiger partial charge < -0.3 is 14.5 Å². The number of anilines is 1. The number of piperidine rings is 1. The maximum atomic E-state index is 13.0. The first-order chi connectivity index (χ1) is 12.2. The molecule has 25 heavy (non-hydrogen) atoms. The second kappa shape index (κ2) is 7.16. The van der Waals surface area contributed by atoms with Crippen LogP contribution in [0, 0.1) is 5.92 Å². The van der Waals surface area contributed by atoms with Gasteiger partial charge >= 0.3 is 0 Å². The van der Waals surface area contributed by atoms with Crippen molar-refractivity contribution in [2.24, 2.45) is 5.92 Å². The summed E-state index contributed by atoms with van der Waals surface area (Å²) in [6.07, 6.45) is 5.92. The third-order valence-electron chi connectivity index (χ3n) is 5.48. The smallest absolute Gasteiger partial charge is 0.254 e. The Bertz CT molecular complexity index is 633. The lowest BCUT2D eigenvalue weighted by Crippen LogP contribution is -2.37. The van der Waals surface area contributed by atoms with Crippen molar-refractivity contribution in [3.63, 3.8) is 0 Å². The van der Waals surface area contributed by atoms with Gasteiger partial charge in [-0.2, -0.15) is 0 Å². The van der Waals surface area contributed by atoms with Crippen molar-refractivity contribution in [3.05, 3.63) is 29.8 Å². The minimum atomic E-state index is 0.117. The minimum absolute atomic E-state index is 0.117. The quantitative estimate of drug-likeness (QED) is 0.827. The monoisotopic (exact) mass is 342 g/mol. The number of carbonyl (C=O) groups excluding carboxylic acids is 2. The van der Waals surface area contributed by atoms with E-state index in [4.69, 9.17) is 4.74 Å². The lowest BCUT2D eigenvalue weighted by molar-refractivity contribution is -0.119. The number of rotatable bonds is 5. The van der Waals surface area contributed by atoms with Gasteiger partial charge in [-0.1, -0.05) is 0 Å². The van der Waals surface area contributed by atoms with Gasteiger partial charge in [0.05, 0.1) is 6.61 Å². The topological polar surface area (TPSA) is 49.9 Å². The highest BCUT2D eigenvalue weighted by Gasteiger charge is 2.35. The van der Waals surface area contributed by atoms with Crippen LogP contribution in [0.2, 0.25) is 0 Å². The van der Waals surface area contributed by atoms with Gasteiger partial charge in [0.25, 0.3) is 5.91 Å². The van der Waals surface area contributed by atoms with Crippen LogP contribution >= 0.6 is 0 Å². The molecule has 0 N–H and O–H groups in total. The predicted octanol–water partition coefficient (Wildman–Crippen LogP) is 2.84. The predicted molar refractivity (Wildman–Crippen MR) is 95.6 cm³/mol. The number of nitrogens with zero attached hydrogens (tertiary/aromatic N) is 2. The van der Waals surface area contributed by atoms with Gasteiger partial charge in [-0.15, -0.1) is 0 Å². The molecule has 4 rings (SSSR count). The molecule has 134 valence electrons. The van der Waals surface area contributed by atoms with Crippen LogP contribution in [0.4, 0.5) is 5.69 Å². The molecule has 2 heterocycles. The van der Waals surface area contributed by atoms with Crippen LogP contribution in [0.25, 0.3) is 0 Å². The van der Waals surface area contributed by atoms with E-state index in [0.717, 1.165) is 69.7 Å². The lowest BCUT2D eigenvalue weighted by atomic mass is 10.1. The van der Waals surface area contributed by atoms with Crippen LogP contribution in [0.15, 0.2) is 24.3 Å². The van der Waals surface area contributed by atoms with Gasteiger partial charge in [-0.05, 0) is 56.4 Å². The van der Waals surface area contributed by atoms with E-state index >= 15 is 0 Å². The first-order valence-corrected chi connectivity index (χ1v) is 9.51. The third kappa shape index (κ3) is 3.71. The zero-order valence-corrected chi connectivity index (χ0v) is 14.7. The number of hydrogen-bond acceptors (Lipinski definition) is 3. The van der Waals surface area contributed by atoms with E-state index < -0.39 is 0 Å². The van der Waals surface area contributed by atoms with Crippen molar-refractivity contribution < 1.29 is 14.3 Å². The summed E-state index contributed by atoms with van der Waals surface area (Å²) in [5.41, 5.74) is 1.63. The molecular weight excluding hydrogens is 316 g/mol. The molecule has 2 aliphatic heterocycles.